The Balaban J connectivity index is 2.24. The second-order valence-electron chi connectivity index (χ2n) is 4.37. The molecule has 0 aliphatic carbocycles. The number of para-hydroxylation sites is 1. The number of hydrogen-bond donors (Lipinski definition) is 1. The van der Waals surface area contributed by atoms with Crippen molar-refractivity contribution in [2.45, 2.75) is 13.0 Å². The summed E-state index contributed by atoms with van der Waals surface area (Å²) in [6.45, 7) is 2.73. The lowest BCUT2D eigenvalue weighted by atomic mass is 10.1. The van der Waals surface area contributed by atoms with E-state index in [1.54, 1.807) is 6.92 Å². The van der Waals surface area contributed by atoms with Crippen LogP contribution in [0, 0.1) is 0 Å². The smallest absolute Gasteiger partial charge is 0.153 e. The minimum atomic E-state index is -2.86. The third-order valence-electron chi connectivity index (χ3n) is 3.07. The zero-order valence-electron chi connectivity index (χ0n) is 9.83. The van der Waals surface area contributed by atoms with Crippen molar-refractivity contribution in [2.24, 2.45) is 0 Å². The summed E-state index contributed by atoms with van der Waals surface area (Å²) in [6.07, 6.45) is -0.537. The molecule has 94 valence electrons. The molecule has 0 unspecified atom stereocenters. The van der Waals surface area contributed by atoms with Gasteiger partial charge in [0.2, 0.25) is 0 Å². The molecule has 2 rings (SSSR count). The molecule has 5 heteroatoms. The number of aliphatic hydroxyl groups excluding tert-OH is 1. The summed E-state index contributed by atoms with van der Waals surface area (Å²) >= 11 is 0. The molecule has 0 amide bonds. The summed E-state index contributed by atoms with van der Waals surface area (Å²) in [6, 6.07) is 7.60. The molecule has 1 aliphatic heterocycles. The molecule has 0 saturated carbocycles. The summed E-state index contributed by atoms with van der Waals surface area (Å²) in [4.78, 5) is 2.03. The first-order valence-electron chi connectivity index (χ1n) is 5.72. The zero-order chi connectivity index (χ0) is 12.5. The van der Waals surface area contributed by atoms with Crippen LogP contribution in [0.2, 0.25) is 0 Å². The Hall–Kier alpha value is -1.07. The lowest BCUT2D eigenvalue weighted by molar-refractivity contribution is 0.199. The molecule has 0 bridgehead atoms. The van der Waals surface area contributed by atoms with Crippen molar-refractivity contribution < 1.29 is 13.5 Å². The van der Waals surface area contributed by atoms with Gasteiger partial charge in [-0.3, -0.25) is 0 Å². The van der Waals surface area contributed by atoms with Crippen LogP contribution in [0.25, 0.3) is 0 Å². The normalized spacial score (nSPS) is 21.2. The second-order valence-corrected chi connectivity index (χ2v) is 6.68. The number of anilines is 1. The van der Waals surface area contributed by atoms with Crippen molar-refractivity contribution in [3.05, 3.63) is 29.8 Å². The third kappa shape index (κ3) is 2.79. The maximum absolute atomic E-state index is 11.4. The van der Waals surface area contributed by atoms with Crippen molar-refractivity contribution in [1.29, 1.82) is 0 Å². The molecule has 0 radical (unpaired) electrons. The summed E-state index contributed by atoms with van der Waals surface area (Å²) in [5, 5.41) is 9.69. The fourth-order valence-corrected chi connectivity index (χ4v) is 3.28. The molecule has 17 heavy (non-hydrogen) atoms. The Kier molecular flexibility index (Phi) is 3.40. The van der Waals surface area contributed by atoms with Crippen LogP contribution in [0.4, 0.5) is 5.69 Å². The van der Waals surface area contributed by atoms with E-state index in [0.717, 1.165) is 11.3 Å². The first-order valence-corrected chi connectivity index (χ1v) is 7.54. The topological polar surface area (TPSA) is 57.6 Å². The van der Waals surface area contributed by atoms with E-state index in [1.807, 2.05) is 29.2 Å². The molecule has 1 saturated heterocycles. The highest BCUT2D eigenvalue weighted by Gasteiger charge is 2.23. The number of nitrogens with zero attached hydrogens (tertiary/aromatic N) is 1. The number of rotatable bonds is 2. The predicted molar refractivity (Wildman–Crippen MR) is 67.9 cm³/mol. The van der Waals surface area contributed by atoms with Crippen LogP contribution in [0.3, 0.4) is 0 Å². The van der Waals surface area contributed by atoms with Crippen molar-refractivity contribution in [3.8, 4) is 0 Å². The summed E-state index contributed by atoms with van der Waals surface area (Å²) in [5.74, 6) is 0.391. The SMILES string of the molecule is C[C@@H](O)c1ccccc1N1CCS(=O)(=O)CC1. The van der Waals surface area contributed by atoms with E-state index in [-0.39, 0.29) is 11.5 Å². The van der Waals surface area contributed by atoms with Gasteiger partial charge >= 0.3 is 0 Å². The quantitative estimate of drug-likeness (QED) is 0.855. The monoisotopic (exact) mass is 255 g/mol. The molecular weight excluding hydrogens is 238 g/mol. The van der Waals surface area contributed by atoms with Gasteiger partial charge in [-0.25, -0.2) is 8.42 Å². The Labute approximate surface area is 102 Å². The van der Waals surface area contributed by atoms with E-state index in [2.05, 4.69) is 0 Å². The van der Waals surface area contributed by atoms with Gasteiger partial charge in [-0.1, -0.05) is 18.2 Å². The number of hydrogen-bond acceptors (Lipinski definition) is 4. The van der Waals surface area contributed by atoms with Gasteiger partial charge < -0.3 is 10.0 Å². The van der Waals surface area contributed by atoms with Gasteiger partial charge in [-0.2, -0.15) is 0 Å². The van der Waals surface area contributed by atoms with Gasteiger partial charge in [0.15, 0.2) is 9.84 Å². The second kappa shape index (κ2) is 4.66. The summed E-state index contributed by atoms with van der Waals surface area (Å²) in [5.41, 5.74) is 1.80. The molecule has 0 aromatic heterocycles. The van der Waals surface area contributed by atoms with Crippen molar-refractivity contribution >= 4 is 15.5 Å². The molecule has 1 aromatic carbocycles. The fraction of sp³-hybridized carbons (Fsp3) is 0.500. The maximum Gasteiger partial charge on any atom is 0.153 e. The zero-order valence-corrected chi connectivity index (χ0v) is 10.7. The van der Waals surface area contributed by atoms with Crippen molar-refractivity contribution in [1.82, 2.24) is 0 Å². The van der Waals surface area contributed by atoms with Gasteiger partial charge in [-0.15, -0.1) is 0 Å². The highest BCUT2D eigenvalue weighted by Crippen LogP contribution is 2.27. The predicted octanol–water partition coefficient (Wildman–Crippen LogP) is 0.975. The summed E-state index contributed by atoms with van der Waals surface area (Å²) in [7, 11) is -2.86. The van der Waals surface area contributed by atoms with E-state index in [1.165, 1.54) is 0 Å². The van der Waals surface area contributed by atoms with Crippen LogP contribution >= 0.6 is 0 Å². The third-order valence-corrected chi connectivity index (χ3v) is 4.68. The standard InChI is InChI=1S/C12H17NO3S/c1-10(14)11-4-2-3-5-12(11)13-6-8-17(15,16)9-7-13/h2-5,10,14H,6-9H2,1H3/t10-/m1/s1. The molecule has 0 spiro atoms. The highest BCUT2D eigenvalue weighted by atomic mass is 32.2. The van der Waals surface area contributed by atoms with Crippen LogP contribution in [-0.2, 0) is 9.84 Å². The molecule has 1 atom stereocenters. The molecular formula is C12H17NO3S. The van der Waals surface area contributed by atoms with Crippen LogP contribution in [-0.4, -0.2) is 38.1 Å². The minimum Gasteiger partial charge on any atom is -0.389 e. The van der Waals surface area contributed by atoms with E-state index in [9.17, 15) is 13.5 Å². The Morgan fingerprint density at radius 1 is 1.24 bits per heavy atom. The molecule has 4 nitrogen and oxygen atoms in total. The average molecular weight is 255 g/mol. The van der Waals surface area contributed by atoms with Crippen LogP contribution in [0.5, 0.6) is 0 Å². The summed E-state index contributed by atoms with van der Waals surface area (Å²) < 4.78 is 22.7. The van der Waals surface area contributed by atoms with E-state index in [4.69, 9.17) is 0 Å². The van der Waals surface area contributed by atoms with Gasteiger partial charge in [0.1, 0.15) is 0 Å². The fourth-order valence-electron chi connectivity index (χ4n) is 2.08. The lowest BCUT2D eigenvalue weighted by Crippen LogP contribution is -2.40. The largest absolute Gasteiger partial charge is 0.389 e. The molecule has 1 aromatic rings. The Bertz CT molecular complexity index is 482. The Morgan fingerprint density at radius 3 is 2.41 bits per heavy atom. The average Bonchev–Trinajstić information content (AvgIpc) is 2.29. The van der Waals surface area contributed by atoms with Gasteiger partial charge in [0, 0.05) is 24.3 Å². The van der Waals surface area contributed by atoms with Crippen molar-refractivity contribution in [3.63, 3.8) is 0 Å². The molecule has 1 fully saturated rings. The number of benzene rings is 1. The van der Waals surface area contributed by atoms with E-state index in [0.29, 0.717) is 13.1 Å². The Morgan fingerprint density at radius 2 is 1.82 bits per heavy atom. The first kappa shape index (κ1) is 12.4. The van der Waals surface area contributed by atoms with Crippen LogP contribution in [0.1, 0.15) is 18.6 Å². The first-order chi connectivity index (χ1) is 7.99. The van der Waals surface area contributed by atoms with Gasteiger partial charge in [0.25, 0.3) is 0 Å². The lowest BCUT2D eigenvalue weighted by Gasteiger charge is -2.31. The van der Waals surface area contributed by atoms with Crippen LogP contribution in [0.15, 0.2) is 24.3 Å². The number of aliphatic hydroxyl groups is 1. The molecule has 1 N–H and O–H groups in total. The maximum atomic E-state index is 11.4. The van der Waals surface area contributed by atoms with Crippen LogP contribution < -0.4 is 4.90 Å². The highest BCUT2D eigenvalue weighted by molar-refractivity contribution is 7.91. The minimum absolute atomic E-state index is 0.196. The van der Waals surface area contributed by atoms with E-state index < -0.39 is 15.9 Å². The molecule has 1 aliphatic rings. The van der Waals surface area contributed by atoms with E-state index >= 15 is 0 Å². The van der Waals surface area contributed by atoms with Gasteiger partial charge in [0.05, 0.1) is 17.6 Å². The number of sulfone groups is 1. The molecule has 1 heterocycles. The van der Waals surface area contributed by atoms with Gasteiger partial charge in [-0.05, 0) is 13.0 Å². The van der Waals surface area contributed by atoms with Crippen molar-refractivity contribution in [2.75, 3.05) is 29.5 Å².